The molecule has 2 N–H and O–H groups in total. The molecule has 1 aromatic rings. The van der Waals surface area contributed by atoms with Gasteiger partial charge in [-0.15, -0.1) is 0 Å². The summed E-state index contributed by atoms with van der Waals surface area (Å²) in [4.78, 5) is 9.23. The van der Waals surface area contributed by atoms with Crippen molar-refractivity contribution < 1.29 is 0 Å². The fourth-order valence-corrected chi connectivity index (χ4v) is 3.07. The highest BCUT2D eigenvalue weighted by Crippen LogP contribution is 2.32. The zero-order chi connectivity index (χ0) is 14.7. The van der Waals surface area contributed by atoms with Gasteiger partial charge in [-0.05, 0) is 25.2 Å². The molecule has 0 aromatic carbocycles. The lowest BCUT2D eigenvalue weighted by molar-refractivity contribution is 0.253. The monoisotopic (exact) mass is 276 g/mol. The van der Waals surface area contributed by atoms with Crippen LogP contribution in [0.25, 0.3) is 0 Å². The molecule has 1 aliphatic carbocycles. The molecule has 0 saturated heterocycles. The van der Waals surface area contributed by atoms with Gasteiger partial charge in [-0.2, -0.15) is 0 Å². The molecule has 20 heavy (non-hydrogen) atoms. The molecular formula is C16H28N4. The number of hydrogen-bond donors (Lipinski definition) is 2. The molecule has 1 aromatic heterocycles. The van der Waals surface area contributed by atoms with E-state index < -0.39 is 0 Å². The summed E-state index contributed by atoms with van der Waals surface area (Å²) in [6.07, 6.45) is 4.77. The number of rotatable bonds is 4. The van der Waals surface area contributed by atoms with Crippen molar-refractivity contribution in [1.29, 1.82) is 0 Å². The Hall–Kier alpha value is -1.32. The van der Waals surface area contributed by atoms with Gasteiger partial charge in [0.05, 0.1) is 0 Å². The largest absolute Gasteiger partial charge is 0.373 e. The van der Waals surface area contributed by atoms with Gasteiger partial charge in [0, 0.05) is 25.1 Å². The number of anilines is 2. The van der Waals surface area contributed by atoms with E-state index in [1.165, 1.54) is 19.3 Å². The van der Waals surface area contributed by atoms with E-state index in [0.717, 1.165) is 35.4 Å². The molecule has 0 spiro atoms. The lowest BCUT2D eigenvalue weighted by atomic mass is 9.78. The summed E-state index contributed by atoms with van der Waals surface area (Å²) in [6, 6.07) is 0.529. The summed E-state index contributed by atoms with van der Waals surface area (Å²) in [5.74, 6) is 4.33. The highest BCUT2D eigenvalue weighted by atomic mass is 15.1. The Bertz CT molecular complexity index is 458. The van der Waals surface area contributed by atoms with Crippen LogP contribution in [-0.4, -0.2) is 23.1 Å². The van der Waals surface area contributed by atoms with Gasteiger partial charge in [0.25, 0.3) is 0 Å². The first kappa shape index (κ1) is 15.1. The van der Waals surface area contributed by atoms with Gasteiger partial charge in [-0.3, -0.25) is 0 Å². The average Bonchev–Trinajstić information content (AvgIpc) is 2.45. The van der Waals surface area contributed by atoms with Gasteiger partial charge in [0.15, 0.2) is 0 Å². The summed E-state index contributed by atoms with van der Waals surface area (Å²) in [6.45, 7) is 8.91. The van der Waals surface area contributed by atoms with E-state index in [4.69, 9.17) is 4.98 Å². The summed E-state index contributed by atoms with van der Waals surface area (Å²) in [5, 5.41) is 6.86. The van der Waals surface area contributed by atoms with E-state index in [9.17, 15) is 0 Å². The van der Waals surface area contributed by atoms with Crippen LogP contribution in [0.4, 0.5) is 11.6 Å². The van der Waals surface area contributed by atoms with Crippen molar-refractivity contribution >= 4 is 11.6 Å². The van der Waals surface area contributed by atoms with E-state index in [1.807, 2.05) is 7.05 Å². The first-order chi connectivity index (χ1) is 9.56. The molecule has 3 atom stereocenters. The Morgan fingerprint density at radius 2 is 1.85 bits per heavy atom. The zero-order valence-corrected chi connectivity index (χ0v) is 13.5. The summed E-state index contributed by atoms with van der Waals surface area (Å²) >= 11 is 0. The number of nitrogens with zero attached hydrogens (tertiary/aromatic N) is 2. The van der Waals surface area contributed by atoms with Crippen molar-refractivity contribution in [3.8, 4) is 0 Å². The minimum Gasteiger partial charge on any atom is -0.373 e. The fourth-order valence-electron chi connectivity index (χ4n) is 3.07. The molecule has 4 nitrogen and oxygen atoms in total. The van der Waals surface area contributed by atoms with Gasteiger partial charge in [-0.25, -0.2) is 9.97 Å². The van der Waals surface area contributed by atoms with Gasteiger partial charge >= 0.3 is 0 Å². The second-order valence-electron chi connectivity index (χ2n) is 6.08. The molecule has 0 amide bonds. The first-order valence-corrected chi connectivity index (χ1v) is 7.88. The maximum Gasteiger partial charge on any atom is 0.135 e. The Morgan fingerprint density at radius 1 is 1.15 bits per heavy atom. The van der Waals surface area contributed by atoms with Crippen LogP contribution in [0.2, 0.25) is 0 Å². The maximum absolute atomic E-state index is 4.69. The van der Waals surface area contributed by atoms with Gasteiger partial charge < -0.3 is 10.6 Å². The lowest BCUT2D eigenvalue weighted by Gasteiger charge is -2.35. The molecule has 0 aliphatic heterocycles. The van der Waals surface area contributed by atoms with E-state index >= 15 is 0 Å². The van der Waals surface area contributed by atoms with Gasteiger partial charge in [0.2, 0.25) is 0 Å². The number of nitrogens with one attached hydrogen (secondary N) is 2. The first-order valence-electron chi connectivity index (χ1n) is 7.88. The zero-order valence-electron chi connectivity index (χ0n) is 13.5. The number of aromatic nitrogens is 2. The predicted octanol–water partition coefficient (Wildman–Crippen LogP) is 3.63. The van der Waals surface area contributed by atoms with E-state index in [2.05, 4.69) is 43.3 Å². The van der Waals surface area contributed by atoms with Crippen LogP contribution in [0.3, 0.4) is 0 Å². The van der Waals surface area contributed by atoms with Crippen LogP contribution in [0.15, 0.2) is 0 Å². The van der Waals surface area contributed by atoms with E-state index in [-0.39, 0.29) is 0 Å². The van der Waals surface area contributed by atoms with Crippen LogP contribution in [0, 0.1) is 18.8 Å². The predicted molar refractivity (Wildman–Crippen MR) is 85.3 cm³/mol. The molecule has 0 radical (unpaired) electrons. The third-order valence-corrected chi connectivity index (χ3v) is 4.77. The second kappa shape index (κ2) is 6.42. The van der Waals surface area contributed by atoms with Crippen LogP contribution in [0.1, 0.15) is 51.4 Å². The molecule has 0 bridgehead atoms. The Morgan fingerprint density at radius 3 is 2.50 bits per heavy atom. The maximum atomic E-state index is 4.69. The van der Waals surface area contributed by atoms with E-state index in [1.54, 1.807) is 0 Å². The van der Waals surface area contributed by atoms with Crippen molar-refractivity contribution in [2.75, 3.05) is 17.7 Å². The highest BCUT2D eigenvalue weighted by molar-refractivity contribution is 5.57. The van der Waals surface area contributed by atoms with Crippen LogP contribution >= 0.6 is 0 Å². The van der Waals surface area contributed by atoms with Crippen LogP contribution in [0.5, 0.6) is 0 Å². The molecule has 1 fully saturated rings. The van der Waals surface area contributed by atoms with Crippen LogP contribution < -0.4 is 10.6 Å². The SMILES string of the molecule is CCc1nc(NC)c(C)c(NC2CCCC(C)C2C)n1. The Kier molecular flexibility index (Phi) is 4.84. The van der Waals surface area contributed by atoms with Gasteiger partial charge in [-0.1, -0.05) is 33.6 Å². The molecule has 1 aliphatic rings. The van der Waals surface area contributed by atoms with Gasteiger partial charge in [0.1, 0.15) is 17.5 Å². The smallest absolute Gasteiger partial charge is 0.135 e. The average molecular weight is 276 g/mol. The minimum atomic E-state index is 0.529. The molecule has 4 heteroatoms. The number of aryl methyl sites for hydroxylation is 1. The summed E-state index contributed by atoms with van der Waals surface area (Å²) < 4.78 is 0. The van der Waals surface area contributed by atoms with Crippen molar-refractivity contribution in [3.05, 3.63) is 11.4 Å². The molecule has 3 unspecified atom stereocenters. The molecule has 112 valence electrons. The van der Waals surface area contributed by atoms with Crippen molar-refractivity contribution in [1.82, 2.24) is 9.97 Å². The normalized spacial score (nSPS) is 26.4. The molecule has 1 heterocycles. The highest BCUT2D eigenvalue weighted by Gasteiger charge is 2.27. The summed E-state index contributed by atoms with van der Waals surface area (Å²) in [7, 11) is 1.92. The third-order valence-electron chi connectivity index (χ3n) is 4.77. The van der Waals surface area contributed by atoms with Crippen molar-refractivity contribution in [2.24, 2.45) is 11.8 Å². The summed E-state index contributed by atoms with van der Waals surface area (Å²) in [5.41, 5.74) is 1.12. The topological polar surface area (TPSA) is 49.8 Å². The van der Waals surface area contributed by atoms with Crippen LogP contribution in [-0.2, 0) is 6.42 Å². The molecule has 1 saturated carbocycles. The lowest BCUT2D eigenvalue weighted by Crippen LogP contribution is -2.35. The Labute approximate surface area is 122 Å². The number of hydrogen-bond acceptors (Lipinski definition) is 4. The molecule has 2 rings (SSSR count). The quantitative estimate of drug-likeness (QED) is 0.881. The molecular weight excluding hydrogens is 248 g/mol. The standard InChI is InChI=1S/C16H28N4/c1-6-14-19-15(17-5)12(4)16(20-14)18-13-9-7-8-10(2)11(13)3/h10-11,13H,6-9H2,1-5H3,(H2,17,18,19,20). The van der Waals surface area contributed by atoms with Crippen molar-refractivity contribution in [2.45, 2.75) is 59.4 Å². The fraction of sp³-hybridized carbons (Fsp3) is 0.750. The van der Waals surface area contributed by atoms with E-state index in [0.29, 0.717) is 12.0 Å². The second-order valence-corrected chi connectivity index (χ2v) is 6.08. The Balaban J connectivity index is 2.23. The van der Waals surface area contributed by atoms with Crippen molar-refractivity contribution in [3.63, 3.8) is 0 Å². The third kappa shape index (κ3) is 3.05. The minimum absolute atomic E-state index is 0.529.